The van der Waals surface area contributed by atoms with Crippen LogP contribution in [0.1, 0.15) is 31.2 Å². The van der Waals surface area contributed by atoms with Crippen molar-refractivity contribution in [3.8, 4) is 0 Å². The van der Waals surface area contributed by atoms with Crippen molar-refractivity contribution in [1.29, 1.82) is 0 Å². The van der Waals surface area contributed by atoms with Gasteiger partial charge in [0.25, 0.3) is 0 Å². The van der Waals surface area contributed by atoms with E-state index in [4.69, 9.17) is 0 Å². The van der Waals surface area contributed by atoms with Gasteiger partial charge in [-0.15, -0.1) is 0 Å². The first-order valence-electron chi connectivity index (χ1n) is 9.10. The normalized spacial score (nSPS) is 17.2. The lowest BCUT2D eigenvalue weighted by molar-refractivity contribution is 0.246. The molecule has 1 aliphatic rings. The summed E-state index contributed by atoms with van der Waals surface area (Å²) in [6, 6.07) is 6.50. The molecule has 0 aliphatic carbocycles. The van der Waals surface area contributed by atoms with Gasteiger partial charge in [0, 0.05) is 25.7 Å². The van der Waals surface area contributed by atoms with Gasteiger partial charge in [0.15, 0.2) is 0 Å². The molecule has 3 rings (SSSR count). The Hall–Kier alpha value is -2.57. The average molecular weight is 359 g/mol. The number of carbonyl (C=O) groups excluding carboxylic acids is 1. The molecular weight excluding hydrogens is 333 g/mol. The van der Waals surface area contributed by atoms with Gasteiger partial charge in [-0.3, -0.25) is 4.68 Å². The number of aromatic nitrogens is 2. The predicted molar refractivity (Wildman–Crippen MR) is 101 cm³/mol. The Morgan fingerprint density at radius 3 is 2.81 bits per heavy atom. The van der Waals surface area contributed by atoms with E-state index >= 15 is 0 Å². The number of hydrogen-bond donors (Lipinski definition) is 2. The lowest BCUT2D eigenvalue weighted by Gasteiger charge is -2.34. The van der Waals surface area contributed by atoms with Crippen molar-refractivity contribution < 1.29 is 9.18 Å². The lowest BCUT2D eigenvalue weighted by atomic mass is 10.0. The van der Waals surface area contributed by atoms with Gasteiger partial charge in [0.05, 0.1) is 22.8 Å². The molecule has 6 nitrogen and oxygen atoms in total. The van der Waals surface area contributed by atoms with E-state index in [0.717, 1.165) is 43.0 Å². The maximum absolute atomic E-state index is 14.0. The molecule has 2 N–H and O–H groups in total. The molecule has 0 radical (unpaired) electrons. The second-order valence-corrected chi connectivity index (χ2v) is 6.70. The zero-order valence-electron chi connectivity index (χ0n) is 15.6. The Morgan fingerprint density at radius 2 is 2.12 bits per heavy atom. The van der Waals surface area contributed by atoms with Gasteiger partial charge in [-0.1, -0.05) is 12.1 Å². The SMILES string of the molecule is CCn1nc(C)c(NC(=O)NC2CCCN(c3ccccc3F)C2)c1C. The fraction of sp³-hybridized carbons (Fsp3) is 0.474. The van der Waals surface area contributed by atoms with Crippen molar-refractivity contribution in [2.75, 3.05) is 23.3 Å². The van der Waals surface area contributed by atoms with E-state index in [0.29, 0.717) is 12.2 Å². The van der Waals surface area contributed by atoms with Gasteiger partial charge in [0.2, 0.25) is 0 Å². The molecule has 0 bridgehead atoms. The Kier molecular flexibility index (Phi) is 5.44. The van der Waals surface area contributed by atoms with Crippen LogP contribution in [0, 0.1) is 19.7 Å². The van der Waals surface area contributed by atoms with Gasteiger partial charge in [-0.25, -0.2) is 9.18 Å². The molecule has 1 saturated heterocycles. The van der Waals surface area contributed by atoms with Gasteiger partial charge in [-0.05, 0) is 45.7 Å². The highest BCUT2D eigenvalue weighted by atomic mass is 19.1. The molecule has 1 aromatic heterocycles. The quantitative estimate of drug-likeness (QED) is 0.879. The number of anilines is 2. The minimum atomic E-state index is -0.243. The highest BCUT2D eigenvalue weighted by Gasteiger charge is 2.24. The van der Waals surface area contributed by atoms with Gasteiger partial charge in [-0.2, -0.15) is 5.10 Å². The number of aryl methyl sites for hydroxylation is 2. The maximum Gasteiger partial charge on any atom is 0.319 e. The minimum absolute atomic E-state index is 0.0230. The molecule has 1 aromatic carbocycles. The van der Waals surface area contributed by atoms with E-state index in [9.17, 15) is 9.18 Å². The van der Waals surface area contributed by atoms with Gasteiger partial charge in [0.1, 0.15) is 5.82 Å². The van der Waals surface area contributed by atoms with Crippen molar-refractivity contribution in [1.82, 2.24) is 15.1 Å². The molecule has 0 saturated carbocycles. The smallest absolute Gasteiger partial charge is 0.319 e. The van der Waals surface area contributed by atoms with Crippen LogP contribution in [0.5, 0.6) is 0 Å². The second-order valence-electron chi connectivity index (χ2n) is 6.70. The van der Waals surface area contributed by atoms with Gasteiger partial charge < -0.3 is 15.5 Å². The monoisotopic (exact) mass is 359 g/mol. The molecular formula is C19H26FN5O. The summed E-state index contributed by atoms with van der Waals surface area (Å²) in [5.74, 6) is -0.226. The molecule has 2 amide bonds. The zero-order chi connectivity index (χ0) is 18.7. The number of rotatable bonds is 4. The first kappa shape index (κ1) is 18.2. The molecule has 7 heteroatoms. The number of benzene rings is 1. The van der Waals surface area contributed by atoms with E-state index in [-0.39, 0.29) is 17.9 Å². The number of nitrogens with zero attached hydrogens (tertiary/aromatic N) is 3. The number of nitrogens with one attached hydrogen (secondary N) is 2. The fourth-order valence-electron chi connectivity index (χ4n) is 3.54. The number of carbonyl (C=O) groups is 1. The van der Waals surface area contributed by atoms with Crippen molar-refractivity contribution in [3.63, 3.8) is 0 Å². The summed E-state index contributed by atoms with van der Waals surface area (Å²) >= 11 is 0. The van der Waals surface area contributed by atoms with Crippen LogP contribution in [0.2, 0.25) is 0 Å². The van der Waals surface area contributed by atoms with E-state index in [2.05, 4.69) is 15.7 Å². The molecule has 1 atom stereocenters. The molecule has 0 spiro atoms. The van der Waals surface area contributed by atoms with Crippen molar-refractivity contribution in [2.45, 2.75) is 46.2 Å². The van der Waals surface area contributed by atoms with Crippen molar-refractivity contribution >= 4 is 17.4 Å². The topological polar surface area (TPSA) is 62.2 Å². The van der Waals surface area contributed by atoms with E-state index in [1.54, 1.807) is 12.1 Å². The van der Waals surface area contributed by atoms with Crippen LogP contribution in [0.3, 0.4) is 0 Å². The van der Waals surface area contributed by atoms with Crippen LogP contribution in [-0.4, -0.2) is 34.9 Å². The second kappa shape index (κ2) is 7.76. The van der Waals surface area contributed by atoms with Crippen LogP contribution < -0.4 is 15.5 Å². The molecule has 2 heterocycles. The molecule has 1 fully saturated rings. The van der Waals surface area contributed by atoms with Crippen LogP contribution in [0.15, 0.2) is 24.3 Å². The van der Waals surface area contributed by atoms with Gasteiger partial charge >= 0.3 is 6.03 Å². The third-order valence-corrected chi connectivity index (χ3v) is 4.87. The number of piperidine rings is 1. The van der Waals surface area contributed by atoms with Crippen molar-refractivity contribution in [3.05, 3.63) is 41.5 Å². The van der Waals surface area contributed by atoms with E-state index in [1.165, 1.54) is 6.07 Å². The Bertz CT molecular complexity index is 788. The number of halogens is 1. The number of hydrogen-bond acceptors (Lipinski definition) is 3. The molecule has 1 aliphatic heterocycles. The Labute approximate surface area is 153 Å². The van der Waals surface area contributed by atoms with Crippen LogP contribution in [0.4, 0.5) is 20.6 Å². The van der Waals surface area contributed by atoms with E-state index in [1.807, 2.05) is 36.4 Å². The summed E-state index contributed by atoms with van der Waals surface area (Å²) in [5, 5.41) is 10.4. The lowest BCUT2D eigenvalue weighted by Crippen LogP contribution is -2.49. The standard InChI is InChI=1S/C19H26FN5O/c1-4-25-14(3)18(13(2)23-25)22-19(26)21-15-8-7-11-24(12-15)17-10-6-5-9-16(17)20/h5-6,9-10,15H,4,7-8,11-12H2,1-3H3,(H2,21,22,26). The summed E-state index contributed by atoms with van der Waals surface area (Å²) in [7, 11) is 0. The average Bonchev–Trinajstić information content (AvgIpc) is 2.90. The Morgan fingerprint density at radius 1 is 1.35 bits per heavy atom. The number of amides is 2. The zero-order valence-corrected chi connectivity index (χ0v) is 15.6. The first-order valence-corrected chi connectivity index (χ1v) is 9.10. The predicted octanol–water partition coefficient (Wildman–Crippen LogP) is 3.45. The maximum atomic E-state index is 14.0. The highest BCUT2D eigenvalue weighted by molar-refractivity contribution is 5.90. The Balaban J connectivity index is 1.63. The molecule has 26 heavy (non-hydrogen) atoms. The summed E-state index contributed by atoms with van der Waals surface area (Å²) in [5.41, 5.74) is 3.09. The summed E-state index contributed by atoms with van der Waals surface area (Å²) in [6.07, 6.45) is 1.79. The summed E-state index contributed by atoms with van der Waals surface area (Å²) < 4.78 is 15.9. The molecule has 1 unspecified atom stereocenters. The summed E-state index contributed by atoms with van der Waals surface area (Å²) in [6.45, 7) is 8.00. The van der Waals surface area contributed by atoms with E-state index < -0.39 is 0 Å². The fourth-order valence-corrected chi connectivity index (χ4v) is 3.54. The van der Waals surface area contributed by atoms with Crippen LogP contribution in [0.25, 0.3) is 0 Å². The highest BCUT2D eigenvalue weighted by Crippen LogP contribution is 2.23. The number of para-hydroxylation sites is 1. The third kappa shape index (κ3) is 3.81. The van der Waals surface area contributed by atoms with Crippen LogP contribution in [-0.2, 0) is 6.54 Å². The minimum Gasteiger partial charge on any atom is -0.367 e. The number of urea groups is 1. The summed E-state index contributed by atoms with van der Waals surface area (Å²) in [4.78, 5) is 14.4. The largest absolute Gasteiger partial charge is 0.367 e. The molecule has 2 aromatic rings. The third-order valence-electron chi connectivity index (χ3n) is 4.87. The van der Waals surface area contributed by atoms with Crippen LogP contribution >= 0.6 is 0 Å². The first-order chi connectivity index (χ1) is 12.5. The molecule has 140 valence electrons. The van der Waals surface area contributed by atoms with Crippen molar-refractivity contribution in [2.24, 2.45) is 0 Å².